The average molecular weight is 179 g/mol. The Morgan fingerprint density at radius 2 is 2.31 bits per heavy atom. The van der Waals surface area contributed by atoms with E-state index in [1.807, 2.05) is 0 Å². The molecule has 13 heavy (non-hydrogen) atoms. The number of hydrogen-bond acceptors (Lipinski definition) is 1. The molecule has 1 aliphatic carbocycles. The molecule has 0 N–H and O–H groups in total. The minimum atomic E-state index is 0.228. The molecule has 0 aromatic rings. The predicted molar refractivity (Wildman–Crippen MR) is 52.3 cm³/mol. The zero-order chi connectivity index (χ0) is 9.26. The van der Waals surface area contributed by atoms with E-state index >= 15 is 0 Å². The van der Waals surface area contributed by atoms with Crippen LogP contribution in [0, 0.1) is 5.92 Å². The highest BCUT2D eigenvalue weighted by molar-refractivity contribution is 5.85. The van der Waals surface area contributed by atoms with Crippen LogP contribution in [0.25, 0.3) is 0 Å². The van der Waals surface area contributed by atoms with Crippen LogP contribution in [0.1, 0.15) is 32.6 Å². The standard InChI is InChI=1S/C11H17NO/c1-2-3-4-7-12-10-6-5-9(8-10)11(12)13/h5-6,9-10H,2-4,7-8H2,1H3. The Bertz CT molecular complexity index is 234. The smallest absolute Gasteiger partial charge is 0.230 e. The van der Waals surface area contributed by atoms with E-state index in [2.05, 4.69) is 24.0 Å². The number of amides is 1. The van der Waals surface area contributed by atoms with Crippen molar-refractivity contribution in [2.45, 2.75) is 38.6 Å². The fourth-order valence-corrected chi connectivity index (χ4v) is 2.28. The molecule has 1 amide bonds. The molecule has 0 aromatic carbocycles. The minimum Gasteiger partial charge on any atom is -0.336 e. The first-order chi connectivity index (χ1) is 6.33. The lowest BCUT2D eigenvalue weighted by Gasteiger charge is -2.23. The largest absolute Gasteiger partial charge is 0.336 e. The highest BCUT2D eigenvalue weighted by atomic mass is 16.2. The van der Waals surface area contributed by atoms with E-state index in [4.69, 9.17) is 0 Å². The van der Waals surface area contributed by atoms with Crippen molar-refractivity contribution < 1.29 is 4.79 Å². The summed E-state index contributed by atoms with van der Waals surface area (Å²) in [6, 6.07) is 0.439. The van der Waals surface area contributed by atoms with Crippen molar-refractivity contribution in [2.75, 3.05) is 6.54 Å². The number of unbranched alkanes of at least 4 members (excludes halogenated alkanes) is 2. The zero-order valence-electron chi connectivity index (χ0n) is 8.20. The van der Waals surface area contributed by atoms with Gasteiger partial charge in [0.15, 0.2) is 0 Å². The number of nitrogens with zero attached hydrogens (tertiary/aromatic N) is 1. The van der Waals surface area contributed by atoms with Gasteiger partial charge in [-0.1, -0.05) is 31.9 Å². The van der Waals surface area contributed by atoms with Gasteiger partial charge in [-0.3, -0.25) is 4.79 Å². The molecule has 2 atom stereocenters. The van der Waals surface area contributed by atoms with Gasteiger partial charge in [-0.2, -0.15) is 0 Å². The summed E-state index contributed by atoms with van der Waals surface area (Å²) in [4.78, 5) is 13.7. The summed E-state index contributed by atoms with van der Waals surface area (Å²) in [5.74, 6) is 0.593. The van der Waals surface area contributed by atoms with Crippen molar-refractivity contribution >= 4 is 5.91 Å². The third-order valence-electron chi connectivity index (χ3n) is 3.06. The van der Waals surface area contributed by atoms with Gasteiger partial charge in [0.25, 0.3) is 0 Å². The first-order valence-corrected chi connectivity index (χ1v) is 5.31. The van der Waals surface area contributed by atoms with E-state index in [0.29, 0.717) is 11.9 Å². The SMILES string of the molecule is CCCCCN1C(=O)C2C=CC1C2. The van der Waals surface area contributed by atoms with Crippen LogP contribution in [0.15, 0.2) is 12.2 Å². The predicted octanol–water partition coefficient (Wildman–Crippen LogP) is 1.96. The lowest BCUT2D eigenvalue weighted by Crippen LogP contribution is -2.35. The van der Waals surface area contributed by atoms with Crippen molar-refractivity contribution in [3.05, 3.63) is 12.2 Å². The summed E-state index contributed by atoms with van der Waals surface area (Å²) in [7, 11) is 0. The average Bonchev–Trinajstić information content (AvgIpc) is 2.69. The second-order valence-electron chi connectivity index (χ2n) is 4.03. The van der Waals surface area contributed by atoms with E-state index in [0.717, 1.165) is 13.0 Å². The van der Waals surface area contributed by atoms with Gasteiger partial charge >= 0.3 is 0 Å². The molecule has 0 radical (unpaired) electrons. The maximum Gasteiger partial charge on any atom is 0.230 e. The number of carbonyl (C=O) groups excluding carboxylic acids is 1. The molecule has 2 bridgehead atoms. The molecular weight excluding hydrogens is 162 g/mol. The molecule has 0 saturated carbocycles. The Labute approximate surface area is 79.6 Å². The number of hydrogen-bond donors (Lipinski definition) is 0. The van der Waals surface area contributed by atoms with Crippen molar-refractivity contribution in [1.29, 1.82) is 0 Å². The van der Waals surface area contributed by atoms with E-state index in [-0.39, 0.29) is 5.92 Å². The van der Waals surface area contributed by atoms with Crippen LogP contribution < -0.4 is 0 Å². The minimum absolute atomic E-state index is 0.228. The molecule has 0 aromatic heterocycles. The maximum absolute atomic E-state index is 11.6. The van der Waals surface area contributed by atoms with Gasteiger partial charge in [-0.25, -0.2) is 0 Å². The van der Waals surface area contributed by atoms with Crippen molar-refractivity contribution in [3.8, 4) is 0 Å². The fourth-order valence-electron chi connectivity index (χ4n) is 2.28. The topological polar surface area (TPSA) is 20.3 Å². The van der Waals surface area contributed by atoms with Gasteiger partial charge in [0, 0.05) is 6.54 Å². The molecule has 2 nitrogen and oxygen atoms in total. The first kappa shape index (κ1) is 8.79. The van der Waals surface area contributed by atoms with E-state index in [1.54, 1.807) is 0 Å². The summed E-state index contributed by atoms with van der Waals surface area (Å²) in [6.07, 6.45) is 8.95. The molecule has 72 valence electrons. The molecule has 0 spiro atoms. The Morgan fingerprint density at radius 3 is 2.92 bits per heavy atom. The third-order valence-corrected chi connectivity index (χ3v) is 3.06. The number of rotatable bonds is 4. The lowest BCUT2D eigenvalue weighted by molar-refractivity contribution is -0.131. The highest BCUT2D eigenvalue weighted by Gasteiger charge is 2.40. The van der Waals surface area contributed by atoms with Crippen LogP contribution >= 0.6 is 0 Å². The monoisotopic (exact) mass is 179 g/mol. The first-order valence-electron chi connectivity index (χ1n) is 5.31. The summed E-state index contributed by atoms with van der Waals surface area (Å²) < 4.78 is 0. The van der Waals surface area contributed by atoms with E-state index in [1.165, 1.54) is 19.3 Å². The normalized spacial score (nSPS) is 30.5. The van der Waals surface area contributed by atoms with Gasteiger partial charge < -0.3 is 4.90 Å². The Hall–Kier alpha value is -0.790. The van der Waals surface area contributed by atoms with Crippen LogP contribution in [0.2, 0.25) is 0 Å². The van der Waals surface area contributed by atoms with E-state index in [9.17, 15) is 4.79 Å². The number of fused-ring (bicyclic) bond motifs is 2. The van der Waals surface area contributed by atoms with Gasteiger partial charge in [0.2, 0.25) is 5.91 Å². The molecule has 1 saturated heterocycles. The molecule has 2 aliphatic rings. The van der Waals surface area contributed by atoms with Gasteiger partial charge in [0.05, 0.1) is 12.0 Å². The molecular formula is C11H17NO. The van der Waals surface area contributed by atoms with Crippen LogP contribution in [-0.4, -0.2) is 23.4 Å². The third kappa shape index (κ3) is 1.50. The van der Waals surface area contributed by atoms with E-state index < -0.39 is 0 Å². The second kappa shape index (κ2) is 3.52. The molecule has 1 aliphatic heterocycles. The van der Waals surface area contributed by atoms with Crippen LogP contribution in [-0.2, 0) is 4.79 Å². The van der Waals surface area contributed by atoms with Crippen LogP contribution in [0.3, 0.4) is 0 Å². The highest BCUT2D eigenvalue weighted by Crippen LogP contribution is 2.32. The molecule has 1 fully saturated rings. The summed E-state index contributed by atoms with van der Waals surface area (Å²) in [5.41, 5.74) is 0. The van der Waals surface area contributed by atoms with Gasteiger partial charge in [-0.15, -0.1) is 0 Å². The quantitative estimate of drug-likeness (QED) is 0.477. The van der Waals surface area contributed by atoms with Gasteiger partial charge in [-0.05, 0) is 12.8 Å². The van der Waals surface area contributed by atoms with Crippen LogP contribution in [0.4, 0.5) is 0 Å². The number of carbonyl (C=O) groups is 1. The summed E-state index contributed by atoms with van der Waals surface area (Å²) in [6.45, 7) is 3.16. The van der Waals surface area contributed by atoms with Gasteiger partial charge in [0.1, 0.15) is 0 Å². The number of likely N-dealkylation sites (tertiary alicyclic amines) is 1. The fraction of sp³-hybridized carbons (Fsp3) is 0.727. The Morgan fingerprint density at radius 1 is 1.46 bits per heavy atom. The van der Waals surface area contributed by atoms with Crippen LogP contribution in [0.5, 0.6) is 0 Å². The Kier molecular flexibility index (Phi) is 2.38. The van der Waals surface area contributed by atoms with Crippen molar-refractivity contribution in [1.82, 2.24) is 4.90 Å². The zero-order valence-corrected chi connectivity index (χ0v) is 8.20. The molecule has 1 heterocycles. The second-order valence-corrected chi connectivity index (χ2v) is 4.03. The van der Waals surface area contributed by atoms with Crippen molar-refractivity contribution in [2.24, 2.45) is 5.92 Å². The molecule has 2 rings (SSSR count). The molecule has 2 heteroatoms. The summed E-state index contributed by atoms with van der Waals surface area (Å²) in [5, 5.41) is 0. The maximum atomic E-state index is 11.6. The Balaban J connectivity index is 1.87. The molecule has 2 unspecified atom stereocenters. The van der Waals surface area contributed by atoms with Crippen molar-refractivity contribution in [3.63, 3.8) is 0 Å². The summed E-state index contributed by atoms with van der Waals surface area (Å²) >= 11 is 0. The lowest BCUT2D eigenvalue weighted by atomic mass is 10.1.